The molecule has 0 fully saturated rings. The van der Waals surface area contributed by atoms with Gasteiger partial charge < -0.3 is 17.0 Å². The largest absolute Gasteiger partial charge is 1.00 e. The molecule has 0 amide bonds. The molecule has 2 heterocycles. The van der Waals surface area contributed by atoms with Gasteiger partial charge in [0.1, 0.15) is 5.69 Å². The molecule has 7 heteroatoms. The molecule has 0 unspecified atom stereocenters. The Morgan fingerprint density at radius 2 is 1.56 bits per heavy atom. The number of nitrogens with zero attached hydrogens (tertiary/aromatic N) is 5. The van der Waals surface area contributed by atoms with Gasteiger partial charge in [-0.1, -0.05) is 36.4 Å². The highest BCUT2D eigenvalue weighted by molar-refractivity contribution is 7.15. The summed E-state index contributed by atoms with van der Waals surface area (Å²) in [6.45, 7) is 4.07. The number of aromatic nitrogens is 5. The van der Waals surface area contributed by atoms with Crippen LogP contribution in [0.1, 0.15) is 10.6 Å². The van der Waals surface area contributed by atoms with Crippen LogP contribution in [0.2, 0.25) is 0 Å². The lowest BCUT2D eigenvalue weighted by Crippen LogP contribution is -3.00. The average molecular weight is 414 g/mol. The number of hydrogen-bond donors (Lipinski definition) is 0. The molecule has 0 saturated heterocycles. The van der Waals surface area contributed by atoms with Gasteiger partial charge in [0.25, 0.3) is 0 Å². The molecule has 4 aromatic rings. The fourth-order valence-corrected chi connectivity index (χ4v) is 3.23. The SMILES string of the molecule is Cc1nc(-c2nn(-c3ccccc3)[n+](-c3ccccc3)n2)sc1C.[Br-]. The number of para-hydroxylation sites is 2. The summed E-state index contributed by atoms with van der Waals surface area (Å²) >= 11 is 1.62. The van der Waals surface area contributed by atoms with Crippen LogP contribution in [0.3, 0.4) is 0 Å². The quantitative estimate of drug-likeness (QED) is 0.453. The second-order valence-corrected chi connectivity index (χ2v) is 6.64. The van der Waals surface area contributed by atoms with Gasteiger partial charge in [-0.05, 0) is 48.0 Å². The lowest BCUT2D eigenvalue weighted by atomic mass is 10.3. The Balaban J connectivity index is 0.00000182. The maximum absolute atomic E-state index is 4.70. The van der Waals surface area contributed by atoms with Crippen molar-refractivity contribution < 1.29 is 21.8 Å². The minimum atomic E-state index is 0. The van der Waals surface area contributed by atoms with Crippen molar-refractivity contribution in [3.63, 3.8) is 0 Å². The Labute approximate surface area is 160 Å². The van der Waals surface area contributed by atoms with Crippen molar-refractivity contribution in [2.24, 2.45) is 0 Å². The maximum Gasteiger partial charge on any atom is 0.368 e. The van der Waals surface area contributed by atoms with Crippen LogP contribution < -0.4 is 21.8 Å². The van der Waals surface area contributed by atoms with E-state index in [-0.39, 0.29) is 17.0 Å². The molecular formula is C18H16BrN5S. The summed E-state index contributed by atoms with van der Waals surface area (Å²) in [4.78, 5) is 9.38. The van der Waals surface area contributed by atoms with Crippen molar-refractivity contribution in [2.45, 2.75) is 13.8 Å². The average Bonchev–Trinajstić information content (AvgIpc) is 3.21. The predicted octanol–water partition coefficient (Wildman–Crippen LogP) is 0.288. The van der Waals surface area contributed by atoms with E-state index in [0.29, 0.717) is 5.82 Å². The zero-order valence-electron chi connectivity index (χ0n) is 13.8. The second-order valence-electron chi connectivity index (χ2n) is 5.43. The van der Waals surface area contributed by atoms with E-state index in [1.54, 1.807) is 20.9 Å². The Morgan fingerprint density at radius 3 is 2.16 bits per heavy atom. The molecule has 0 saturated carbocycles. The van der Waals surface area contributed by atoms with E-state index >= 15 is 0 Å². The van der Waals surface area contributed by atoms with Crippen LogP contribution in [0.25, 0.3) is 22.2 Å². The van der Waals surface area contributed by atoms with Crippen molar-refractivity contribution >= 4 is 11.3 Å². The van der Waals surface area contributed by atoms with E-state index in [1.807, 2.05) is 67.6 Å². The van der Waals surface area contributed by atoms with Gasteiger partial charge in [-0.3, -0.25) is 0 Å². The molecule has 0 aliphatic heterocycles. The van der Waals surface area contributed by atoms with Gasteiger partial charge in [0.15, 0.2) is 10.7 Å². The molecular weight excluding hydrogens is 398 g/mol. The van der Waals surface area contributed by atoms with E-state index in [9.17, 15) is 0 Å². The first kappa shape index (κ1) is 17.4. The molecule has 0 N–H and O–H groups in total. The highest BCUT2D eigenvalue weighted by atomic mass is 79.9. The van der Waals surface area contributed by atoms with Crippen molar-refractivity contribution in [3.8, 4) is 22.2 Å². The number of benzene rings is 2. The van der Waals surface area contributed by atoms with Crippen molar-refractivity contribution in [1.82, 2.24) is 20.0 Å². The molecule has 0 atom stereocenters. The zero-order chi connectivity index (χ0) is 16.5. The summed E-state index contributed by atoms with van der Waals surface area (Å²) in [6, 6.07) is 20.0. The number of tetrazole rings is 1. The monoisotopic (exact) mass is 413 g/mol. The van der Waals surface area contributed by atoms with Crippen LogP contribution in [-0.4, -0.2) is 20.0 Å². The molecule has 5 nitrogen and oxygen atoms in total. The Morgan fingerprint density at radius 1 is 0.920 bits per heavy atom. The number of halogens is 1. The second kappa shape index (κ2) is 7.25. The number of hydrogen-bond acceptors (Lipinski definition) is 4. The molecule has 2 aromatic heterocycles. The van der Waals surface area contributed by atoms with E-state index in [4.69, 9.17) is 10.2 Å². The Bertz CT molecular complexity index is 903. The van der Waals surface area contributed by atoms with Gasteiger partial charge in [0, 0.05) is 9.67 Å². The smallest absolute Gasteiger partial charge is 0.368 e. The lowest BCUT2D eigenvalue weighted by Gasteiger charge is -1.98. The predicted molar refractivity (Wildman–Crippen MR) is 93.5 cm³/mol. The lowest BCUT2D eigenvalue weighted by molar-refractivity contribution is -0.734. The summed E-state index contributed by atoms with van der Waals surface area (Å²) < 4.78 is 0. The minimum absolute atomic E-state index is 0. The van der Waals surface area contributed by atoms with E-state index in [2.05, 4.69) is 11.9 Å². The molecule has 126 valence electrons. The molecule has 4 rings (SSSR count). The highest BCUT2D eigenvalue weighted by Gasteiger charge is 2.25. The molecule has 0 bridgehead atoms. The highest BCUT2D eigenvalue weighted by Crippen LogP contribution is 2.24. The summed E-state index contributed by atoms with van der Waals surface area (Å²) in [6.07, 6.45) is 0. The van der Waals surface area contributed by atoms with Crippen LogP contribution in [0.15, 0.2) is 60.7 Å². The van der Waals surface area contributed by atoms with Gasteiger partial charge in [0.2, 0.25) is 0 Å². The third kappa shape index (κ3) is 3.38. The summed E-state index contributed by atoms with van der Waals surface area (Å²) in [5.74, 6) is 0.629. The van der Waals surface area contributed by atoms with Gasteiger partial charge in [-0.15, -0.1) is 11.3 Å². The standard InChI is InChI=1S/C18H16N5S.BrH/c1-13-14(2)24-18(19-13)17-20-22(15-9-5-3-6-10-15)23(21-17)16-11-7-4-8-12-16;/h3-12H,1-2H3;1H/q+1;/p-1. The van der Waals surface area contributed by atoms with Crippen LogP contribution in [-0.2, 0) is 0 Å². The normalized spacial score (nSPS) is 10.5. The van der Waals surface area contributed by atoms with Gasteiger partial charge >= 0.3 is 5.82 Å². The van der Waals surface area contributed by atoms with E-state index < -0.39 is 0 Å². The fraction of sp³-hybridized carbons (Fsp3) is 0.111. The summed E-state index contributed by atoms with van der Waals surface area (Å²) in [7, 11) is 0. The molecule has 0 radical (unpaired) electrons. The van der Waals surface area contributed by atoms with Gasteiger partial charge in [-0.2, -0.15) is 0 Å². The number of rotatable bonds is 3. The molecule has 0 spiro atoms. The minimum Gasteiger partial charge on any atom is -1.00 e. The van der Waals surface area contributed by atoms with Crippen molar-refractivity contribution in [3.05, 3.63) is 71.2 Å². The Hall–Kier alpha value is -2.38. The van der Waals surface area contributed by atoms with Crippen molar-refractivity contribution in [2.75, 3.05) is 0 Å². The molecule has 0 aliphatic carbocycles. The van der Waals surface area contributed by atoms with Gasteiger partial charge in [0.05, 0.1) is 10.8 Å². The first-order valence-electron chi connectivity index (χ1n) is 7.67. The summed E-state index contributed by atoms with van der Waals surface area (Å²) in [5, 5.41) is 10.2. The van der Waals surface area contributed by atoms with Crippen LogP contribution in [0.4, 0.5) is 0 Å². The van der Waals surface area contributed by atoms with Crippen LogP contribution in [0.5, 0.6) is 0 Å². The van der Waals surface area contributed by atoms with E-state index in [0.717, 1.165) is 22.1 Å². The third-order valence-corrected chi connectivity index (χ3v) is 4.82. The van der Waals surface area contributed by atoms with E-state index in [1.165, 1.54) is 4.88 Å². The van der Waals surface area contributed by atoms with Crippen LogP contribution >= 0.6 is 11.3 Å². The zero-order valence-corrected chi connectivity index (χ0v) is 16.2. The molecule has 25 heavy (non-hydrogen) atoms. The fourth-order valence-electron chi connectivity index (χ4n) is 2.39. The van der Waals surface area contributed by atoms with Gasteiger partial charge in [-0.25, -0.2) is 4.98 Å². The number of aryl methyl sites for hydroxylation is 2. The molecule has 0 aliphatic rings. The summed E-state index contributed by atoms with van der Waals surface area (Å²) in [5.41, 5.74) is 2.92. The van der Waals surface area contributed by atoms with Crippen molar-refractivity contribution in [1.29, 1.82) is 0 Å². The third-order valence-electron chi connectivity index (χ3n) is 3.75. The first-order valence-corrected chi connectivity index (χ1v) is 8.49. The first-order chi connectivity index (χ1) is 11.7. The number of thiazole rings is 1. The topological polar surface area (TPSA) is 47.5 Å². The Kier molecular flexibility index (Phi) is 5.06. The maximum atomic E-state index is 4.70. The van der Waals surface area contributed by atoms with Crippen LogP contribution in [0, 0.1) is 13.8 Å². The molecule has 2 aromatic carbocycles.